The number of benzene rings is 1. The van der Waals surface area contributed by atoms with Crippen molar-refractivity contribution in [2.24, 2.45) is 5.73 Å². The van der Waals surface area contributed by atoms with E-state index in [1.54, 1.807) is 36.4 Å². The van der Waals surface area contributed by atoms with E-state index in [-0.39, 0.29) is 26.1 Å². The van der Waals surface area contributed by atoms with Crippen molar-refractivity contribution in [3.8, 4) is 0 Å². The molecule has 2 heterocycles. The standard InChI is InChI=1S/C19H25N7O5S/c1-14(18(20)28)26(25-10-5-8-22-25)19(29)16(12-15-6-3-2-4-7-15)23-32(30,31)24-11-9-21-17(27)13-24/h2-8,10,14,16,23H,9,11-13H2,1H3,(H2,20,28)(H,21,27)/t14-,16-/m0/s1. The number of carbonyl (C=O) groups is 3. The van der Waals surface area contributed by atoms with Gasteiger partial charge in [0.1, 0.15) is 12.1 Å². The SMILES string of the molecule is C[C@@H](C(N)=O)N(C(=O)[C@H](Cc1ccccc1)NS(=O)(=O)N1CCNC(=O)C1)n1cccn1. The van der Waals surface area contributed by atoms with E-state index in [9.17, 15) is 22.8 Å². The molecule has 3 amide bonds. The minimum absolute atomic E-state index is 0.00217. The Labute approximate surface area is 185 Å². The minimum Gasteiger partial charge on any atom is -0.368 e. The normalized spacial score (nSPS) is 16.7. The van der Waals surface area contributed by atoms with E-state index in [2.05, 4.69) is 15.1 Å². The number of hydrogen-bond donors (Lipinski definition) is 3. The molecule has 0 spiro atoms. The van der Waals surface area contributed by atoms with Gasteiger partial charge in [-0.1, -0.05) is 30.3 Å². The van der Waals surface area contributed by atoms with Crippen LogP contribution >= 0.6 is 0 Å². The summed E-state index contributed by atoms with van der Waals surface area (Å²) in [4.78, 5) is 38.2. The molecule has 172 valence electrons. The Morgan fingerprint density at radius 3 is 2.59 bits per heavy atom. The molecular weight excluding hydrogens is 438 g/mol. The number of nitrogens with zero attached hydrogens (tertiary/aromatic N) is 4. The third-order valence-electron chi connectivity index (χ3n) is 4.93. The number of rotatable bonds is 9. The fourth-order valence-electron chi connectivity index (χ4n) is 3.24. The van der Waals surface area contributed by atoms with Crippen LogP contribution in [-0.2, 0) is 31.0 Å². The second-order valence-corrected chi connectivity index (χ2v) is 8.94. The first kappa shape index (κ1) is 23.4. The molecule has 1 aliphatic heterocycles. The lowest BCUT2D eigenvalue weighted by Crippen LogP contribution is -2.62. The first-order valence-electron chi connectivity index (χ1n) is 9.89. The van der Waals surface area contributed by atoms with Crippen LogP contribution < -0.4 is 20.8 Å². The molecule has 0 unspecified atom stereocenters. The van der Waals surface area contributed by atoms with Crippen LogP contribution in [0.2, 0.25) is 0 Å². The zero-order valence-corrected chi connectivity index (χ0v) is 18.2. The van der Waals surface area contributed by atoms with Crippen LogP contribution in [0.25, 0.3) is 0 Å². The molecule has 2 aromatic rings. The second kappa shape index (κ2) is 9.89. The van der Waals surface area contributed by atoms with Gasteiger partial charge in [-0.05, 0) is 25.0 Å². The molecule has 4 N–H and O–H groups in total. The van der Waals surface area contributed by atoms with Crippen LogP contribution in [0, 0.1) is 0 Å². The Hall–Kier alpha value is -3.29. The summed E-state index contributed by atoms with van der Waals surface area (Å²) in [5, 5.41) is 7.55. The van der Waals surface area contributed by atoms with Crippen molar-refractivity contribution in [1.29, 1.82) is 0 Å². The highest BCUT2D eigenvalue weighted by molar-refractivity contribution is 7.87. The van der Waals surface area contributed by atoms with Crippen molar-refractivity contribution in [3.63, 3.8) is 0 Å². The van der Waals surface area contributed by atoms with Crippen molar-refractivity contribution in [2.45, 2.75) is 25.4 Å². The van der Waals surface area contributed by atoms with E-state index >= 15 is 0 Å². The van der Waals surface area contributed by atoms with Crippen LogP contribution in [0.1, 0.15) is 12.5 Å². The molecule has 1 aliphatic rings. The van der Waals surface area contributed by atoms with Crippen molar-refractivity contribution in [2.75, 3.05) is 24.6 Å². The third-order valence-corrected chi connectivity index (χ3v) is 6.50. The largest absolute Gasteiger partial charge is 0.368 e. The van der Waals surface area contributed by atoms with Crippen LogP contribution in [0.15, 0.2) is 48.8 Å². The summed E-state index contributed by atoms with van der Waals surface area (Å²) in [6, 6.07) is 7.97. The fraction of sp³-hybridized carbons (Fsp3) is 0.368. The van der Waals surface area contributed by atoms with Crippen LogP contribution in [0.5, 0.6) is 0 Å². The summed E-state index contributed by atoms with van der Waals surface area (Å²) in [6.45, 7) is 1.29. The lowest BCUT2D eigenvalue weighted by Gasteiger charge is -2.32. The van der Waals surface area contributed by atoms with Gasteiger partial charge in [-0.15, -0.1) is 0 Å². The summed E-state index contributed by atoms with van der Waals surface area (Å²) in [7, 11) is -4.20. The van der Waals surface area contributed by atoms with E-state index in [0.29, 0.717) is 5.56 Å². The molecule has 3 rings (SSSR count). The van der Waals surface area contributed by atoms with Crippen molar-refractivity contribution in [1.82, 2.24) is 24.2 Å². The fourth-order valence-corrected chi connectivity index (χ4v) is 4.55. The highest BCUT2D eigenvalue weighted by Crippen LogP contribution is 2.11. The van der Waals surface area contributed by atoms with Gasteiger partial charge in [-0.2, -0.15) is 27.3 Å². The maximum absolute atomic E-state index is 13.5. The highest BCUT2D eigenvalue weighted by Gasteiger charge is 2.37. The van der Waals surface area contributed by atoms with E-state index < -0.39 is 40.0 Å². The maximum Gasteiger partial charge on any atom is 0.280 e. The number of carbonyl (C=O) groups excluding carboxylic acids is 3. The first-order valence-corrected chi connectivity index (χ1v) is 11.3. The van der Waals surface area contributed by atoms with Gasteiger partial charge in [-0.25, -0.2) is 5.01 Å². The number of primary amides is 1. The summed E-state index contributed by atoms with van der Waals surface area (Å²) >= 11 is 0. The number of nitrogens with one attached hydrogen (secondary N) is 2. The molecule has 32 heavy (non-hydrogen) atoms. The molecule has 0 bridgehead atoms. The number of piperazine rings is 1. The predicted molar refractivity (Wildman–Crippen MR) is 115 cm³/mol. The summed E-state index contributed by atoms with van der Waals surface area (Å²) in [5.74, 6) is -1.95. The molecule has 1 aromatic carbocycles. The van der Waals surface area contributed by atoms with Gasteiger partial charge in [0.05, 0.1) is 12.7 Å². The molecule has 1 fully saturated rings. The number of aromatic nitrogens is 2. The minimum atomic E-state index is -4.20. The van der Waals surface area contributed by atoms with Gasteiger partial charge >= 0.3 is 0 Å². The van der Waals surface area contributed by atoms with E-state index in [4.69, 9.17) is 5.73 Å². The predicted octanol–water partition coefficient (Wildman–Crippen LogP) is -1.90. The molecule has 1 aromatic heterocycles. The van der Waals surface area contributed by atoms with E-state index in [1.807, 2.05) is 0 Å². The summed E-state index contributed by atoms with van der Waals surface area (Å²) < 4.78 is 29.4. The van der Waals surface area contributed by atoms with Crippen LogP contribution in [0.3, 0.4) is 0 Å². The Kier molecular flexibility index (Phi) is 7.22. The molecule has 2 atom stereocenters. The Bertz CT molecular complexity index is 1060. The third kappa shape index (κ3) is 5.49. The molecule has 0 radical (unpaired) electrons. The molecule has 12 nitrogen and oxygen atoms in total. The lowest BCUT2D eigenvalue weighted by molar-refractivity contribution is -0.127. The van der Waals surface area contributed by atoms with Crippen LogP contribution in [-0.4, -0.2) is 72.1 Å². The van der Waals surface area contributed by atoms with Gasteiger partial charge in [0, 0.05) is 19.3 Å². The summed E-state index contributed by atoms with van der Waals surface area (Å²) in [6.07, 6.45) is 2.86. The first-order chi connectivity index (χ1) is 15.2. The van der Waals surface area contributed by atoms with Crippen molar-refractivity contribution < 1.29 is 22.8 Å². The highest BCUT2D eigenvalue weighted by atomic mass is 32.2. The molecular formula is C19H25N7O5S. The molecule has 0 saturated carbocycles. The Morgan fingerprint density at radius 2 is 2.00 bits per heavy atom. The van der Waals surface area contributed by atoms with Gasteiger partial charge in [-0.3, -0.25) is 14.4 Å². The smallest absolute Gasteiger partial charge is 0.280 e. The summed E-state index contributed by atoms with van der Waals surface area (Å²) in [5.41, 5.74) is 6.12. The monoisotopic (exact) mass is 463 g/mol. The zero-order chi connectivity index (χ0) is 23.3. The van der Waals surface area contributed by atoms with Crippen LogP contribution in [0.4, 0.5) is 0 Å². The number of hydrogen-bond acceptors (Lipinski definition) is 6. The average Bonchev–Trinajstić information content (AvgIpc) is 3.28. The number of nitrogens with two attached hydrogens (primary N) is 1. The average molecular weight is 464 g/mol. The topological polar surface area (TPSA) is 160 Å². The Balaban J connectivity index is 1.94. The van der Waals surface area contributed by atoms with Gasteiger partial charge in [0.15, 0.2) is 0 Å². The number of amides is 3. The van der Waals surface area contributed by atoms with Crippen molar-refractivity contribution in [3.05, 3.63) is 54.4 Å². The van der Waals surface area contributed by atoms with Gasteiger partial charge < -0.3 is 11.1 Å². The molecule has 1 saturated heterocycles. The van der Waals surface area contributed by atoms with Gasteiger partial charge in [0.2, 0.25) is 11.8 Å². The lowest BCUT2D eigenvalue weighted by atomic mass is 10.1. The van der Waals surface area contributed by atoms with Crippen molar-refractivity contribution >= 4 is 27.9 Å². The quantitative estimate of drug-likeness (QED) is 0.394. The van der Waals surface area contributed by atoms with E-state index in [1.165, 1.54) is 19.3 Å². The Morgan fingerprint density at radius 1 is 1.28 bits per heavy atom. The zero-order valence-electron chi connectivity index (χ0n) is 17.4. The molecule has 13 heteroatoms. The van der Waals surface area contributed by atoms with Gasteiger partial charge in [0.25, 0.3) is 16.1 Å². The second-order valence-electron chi connectivity index (χ2n) is 7.24. The van der Waals surface area contributed by atoms with E-state index in [0.717, 1.165) is 14.1 Å². The maximum atomic E-state index is 13.5. The molecule has 0 aliphatic carbocycles.